The number of carboxylic acid groups (broad SMARTS) is 1. The number of carboxylic acids is 1. The van der Waals surface area contributed by atoms with Crippen LogP contribution in [-0.4, -0.2) is 66.9 Å². The first-order valence-electron chi connectivity index (χ1n) is 8.02. The van der Waals surface area contributed by atoms with Crippen molar-refractivity contribution >= 4 is 29.5 Å². The van der Waals surface area contributed by atoms with E-state index >= 15 is 0 Å². The minimum Gasteiger partial charge on any atom is -0.481 e. The first-order valence-corrected chi connectivity index (χ1v) is 9.01. The number of carbonyl (C=O) groups excluding carboxylic acids is 2. The van der Waals surface area contributed by atoms with Crippen LogP contribution in [0.5, 0.6) is 0 Å². The van der Waals surface area contributed by atoms with E-state index in [2.05, 4.69) is 5.32 Å². The number of hydrogen-bond donors (Lipinski definition) is 2. The van der Waals surface area contributed by atoms with Crippen molar-refractivity contribution in [3.05, 3.63) is 29.8 Å². The van der Waals surface area contributed by atoms with Gasteiger partial charge in [-0.3, -0.25) is 14.4 Å². The number of methoxy groups -OCH3 is 1. The van der Waals surface area contributed by atoms with Crippen LogP contribution in [0.2, 0.25) is 0 Å². The van der Waals surface area contributed by atoms with Crippen molar-refractivity contribution in [2.45, 2.75) is 11.3 Å². The van der Waals surface area contributed by atoms with Crippen LogP contribution in [0.25, 0.3) is 0 Å². The summed E-state index contributed by atoms with van der Waals surface area (Å²) in [6.45, 7) is 1.56. The van der Waals surface area contributed by atoms with Gasteiger partial charge in [0.05, 0.1) is 23.8 Å². The van der Waals surface area contributed by atoms with E-state index in [4.69, 9.17) is 9.84 Å². The zero-order chi connectivity index (χ0) is 18.2. The highest BCUT2D eigenvalue weighted by Gasteiger charge is 2.32. The maximum absolute atomic E-state index is 12.7. The second-order valence-corrected chi connectivity index (χ2v) is 6.72. The summed E-state index contributed by atoms with van der Waals surface area (Å²) in [6.07, 6.45) is 0.471. The Morgan fingerprint density at radius 1 is 1.36 bits per heavy atom. The monoisotopic (exact) mass is 366 g/mol. The summed E-state index contributed by atoms with van der Waals surface area (Å²) < 4.78 is 4.87. The maximum atomic E-state index is 12.7. The van der Waals surface area contributed by atoms with E-state index in [1.807, 2.05) is 6.07 Å². The predicted octanol–water partition coefficient (Wildman–Crippen LogP) is 1.09. The smallest absolute Gasteiger partial charge is 0.308 e. The highest BCUT2D eigenvalue weighted by Crippen LogP contribution is 2.26. The molecule has 8 heteroatoms. The Hall–Kier alpha value is -2.06. The third-order valence-electron chi connectivity index (χ3n) is 3.93. The van der Waals surface area contributed by atoms with Gasteiger partial charge < -0.3 is 20.1 Å². The lowest BCUT2D eigenvalue weighted by Gasteiger charge is -2.18. The predicted molar refractivity (Wildman–Crippen MR) is 93.7 cm³/mol. The molecule has 0 bridgehead atoms. The lowest BCUT2D eigenvalue weighted by Crippen LogP contribution is -2.30. The Balaban J connectivity index is 1.97. The Morgan fingerprint density at radius 2 is 2.12 bits per heavy atom. The van der Waals surface area contributed by atoms with Gasteiger partial charge in [-0.1, -0.05) is 12.1 Å². The number of hydrogen-bond acceptors (Lipinski definition) is 5. The van der Waals surface area contributed by atoms with Crippen molar-refractivity contribution in [3.63, 3.8) is 0 Å². The van der Waals surface area contributed by atoms with Crippen molar-refractivity contribution in [2.75, 3.05) is 39.1 Å². The van der Waals surface area contributed by atoms with Crippen LogP contribution in [-0.2, 0) is 14.3 Å². The summed E-state index contributed by atoms with van der Waals surface area (Å²) in [4.78, 5) is 37.8. The molecule has 1 aromatic rings. The van der Waals surface area contributed by atoms with Crippen molar-refractivity contribution in [1.82, 2.24) is 10.2 Å². The summed E-state index contributed by atoms with van der Waals surface area (Å²) in [6, 6.07) is 7.08. The Kier molecular flexibility index (Phi) is 7.27. The SMILES string of the molecule is COCCNC(=O)CSc1ccccc1C(=O)N1CCC(C(=O)O)C1. The third-order valence-corrected chi connectivity index (χ3v) is 5.00. The average molecular weight is 366 g/mol. The fourth-order valence-corrected chi connectivity index (χ4v) is 3.45. The highest BCUT2D eigenvalue weighted by molar-refractivity contribution is 8.00. The molecule has 1 atom stereocenters. The van der Waals surface area contributed by atoms with E-state index in [0.717, 1.165) is 0 Å². The first-order chi connectivity index (χ1) is 12.0. The molecule has 1 unspecified atom stereocenters. The van der Waals surface area contributed by atoms with E-state index in [-0.39, 0.29) is 24.1 Å². The largest absolute Gasteiger partial charge is 0.481 e. The van der Waals surface area contributed by atoms with E-state index in [9.17, 15) is 14.4 Å². The van der Waals surface area contributed by atoms with Gasteiger partial charge in [0.25, 0.3) is 5.91 Å². The van der Waals surface area contributed by atoms with Gasteiger partial charge in [-0.2, -0.15) is 0 Å². The average Bonchev–Trinajstić information content (AvgIpc) is 3.10. The Morgan fingerprint density at radius 3 is 2.80 bits per heavy atom. The molecule has 25 heavy (non-hydrogen) atoms. The molecule has 136 valence electrons. The fraction of sp³-hybridized carbons (Fsp3) is 0.471. The number of nitrogens with zero attached hydrogens (tertiary/aromatic N) is 1. The van der Waals surface area contributed by atoms with Crippen molar-refractivity contribution < 1.29 is 24.2 Å². The number of likely N-dealkylation sites (tertiary alicyclic amines) is 1. The number of benzene rings is 1. The molecule has 0 aliphatic carbocycles. The van der Waals surface area contributed by atoms with Gasteiger partial charge in [0.1, 0.15) is 0 Å². The van der Waals surface area contributed by atoms with Gasteiger partial charge in [-0.15, -0.1) is 11.8 Å². The lowest BCUT2D eigenvalue weighted by molar-refractivity contribution is -0.141. The van der Waals surface area contributed by atoms with E-state index in [1.165, 1.54) is 11.8 Å². The zero-order valence-electron chi connectivity index (χ0n) is 14.1. The number of aliphatic carboxylic acids is 1. The maximum Gasteiger partial charge on any atom is 0.308 e. The van der Waals surface area contributed by atoms with Gasteiger partial charge >= 0.3 is 5.97 Å². The molecule has 0 radical (unpaired) electrons. The molecule has 0 spiro atoms. The minimum absolute atomic E-state index is 0.128. The number of nitrogens with one attached hydrogen (secondary N) is 1. The number of amides is 2. The molecule has 2 rings (SSSR count). The fourth-order valence-electron chi connectivity index (χ4n) is 2.57. The number of thioether (sulfide) groups is 1. The standard InChI is InChI=1S/C17H22N2O5S/c1-24-9-7-18-15(20)11-25-14-5-3-2-4-13(14)16(21)19-8-6-12(10-19)17(22)23/h2-5,12H,6-11H2,1H3,(H,18,20)(H,22,23). The summed E-state index contributed by atoms with van der Waals surface area (Å²) in [5, 5.41) is 11.8. The number of ether oxygens (including phenoxy) is 1. The molecular weight excluding hydrogens is 344 g/mol. The highest BCUT2D eigenvalue weighted by atomic mass is 32.2. The Labute approximate surface area is 150 Å². The summed E-state index contributed by atoms with van der Waals surface area (Å²) >= 11 is 1.29. The molecule has 7 nitrogen and oxygen atoms in total. The molecule has 1 aliphatic heterocycles. The van der Waals surface area contributed by atoms with Crippen LogP contribution in [0.15, 0.2) is 29.2 Å². The normalized spacial score (nSPS) is 16.7. The molecule has 2 amide bonds. The van der Waals surface area contributed by atoms with Crippen LogP contribution >= 0.6 is 11.8 Å². The molecule has 1 aromatic carbocycles. The van der Waals surface area contributed by atoms with Gasteiger partial charge in [0, 0.05) is 31.6 Å². The second-order valence-electron chi connectivity index (χ2n) is 5.70. The van der Waals surface area contributed by atoms with Crippen LogP contribution < -0.4 is 5.32 Å². The summed E-state index contributed by atoms with van der Waals surface area (Å²) in [5.74, 6) is -1.49. The zero-order valence-corrected chi connectivity index (χ0v) is 14.9. The van der Waals surface area contributed by atoms with Gasteiger partial charge in [-0.25, -0.2) is 0 Å². The van der Waals surface area contributed by atoms with Crippen LogP contribution in [0.4, 0.5) is 0 Å². The van der Waals surface area contributed by atoms with Crippen LogP contribution in [0.1, 0.15) is 16.8 Å². The molecule has 1 saturated heterocycles. The quantitative estimate of drug-likeness (QED) is 0.528. The third kappa shape index (κ3) is 5.47. The Bertz CT molecular complexity index is 637. The molecule has 1 fully saturated rings. The van der Waals surface area contributed by atoms with E-state index in [0.29, 0.717) is 36.6 Å². The van der Waals surface area contributed by atoms with Crippen molar-refractivity contribution in [2.24, 2.45) is 5.92 Å². The second kappa shape index (κ2) is 9.43. The summed E-state index contributed by atoms with van der Waals surface area (Å²) in [7, 11) is 1.57. The van der Waals surface area contributed by atoms with Gasteiger partial charge in [0.15, 0.2) is 0 Å². The first kappa shape index (κ1) is 19.3. The van der Waals surface area contributed by atoms with E-state index in [1.54, 1.807) is 30.2 Å². The molecule has 1 heterocycles. The van der Waals surface area contributed by atoms with Crippen molar-refractivity contribution in [3.8, 4) is 0 Å². The molecule has 2 N–H and O–H groups in total. The van der Waals surface area contributed by atoms with Crippen LogP contribution in [0.3, 0.4) is 0 Å². The van der Waals surface area contributed by atoms with Crippen LogP contribution in [0, 0.1) is 5.92 Å². The topological polar surface area (TPSA) is 95.9 Å². The minimum atomic E-state index is -0.870. The lowest BCUT2D eigenvalue weighted by atomic mass is 10.1. The molecular formula is C17H22N2O5S. The molecule has 0 saturated carbocycles. The molecule has 1 aliphatic rings. The number of rotatable bonds is 8. The van der Waals surface area contributed by atoms with E-state index < -0.39 is 11.9 Å². The summed E-state index contributed by atoms with van der Waals surface area (Å²) in [5.41, 5.74) is 0.503. The van der Waals surface area contributed by atoms with Gasteiger partial charge in [0.2, 0.25) is 5.91 Å². The van der Waals surface area contributed by atoms with Gasteiger partial charge in [-0.05, 0) is 18.6 Å². The van der Waals surface area contributed by atoms with Crippen molar-refractivity contribution in [1.29, 1.82) is 0 Å². The molecule has 0 aromatic heterocycles. The number of carbonyl (C=O) groups is 3.